The van der Waals surface area contributed by atoms with E-state index in [1.165, 1.54) is 11.3 Å². The van der Waals surface area contributed by atoms with Gasteiger partial charge in [0.15, 0.2) is 0 Å². The summed E-state index contributed by atoms with van der Waals surface area (Å²) in [5, 5.41) is 16.2. The summed E-state index contributed by atoms with van der Waals surface area (Å²) in [4.78, 5) is 15.1. The first-order valence-electron chi connectivity index (χ1n) is 7.31. The lowest BCUT2D eigenvalue weighted by Gasteiger charge is -2.25. The van der Waals surface area contributed by atoms with Gasteiger partial charge in [-0.25, -0.2) is 0 Å². The highest BCUT2D eigenvalue weighted by Gasteiger charge is 2.21. The van der Waals surface area contributed by atoms with Crippen molar-refractivity contribution in [2.24, 2.45) is 0 Å². The second kappa shape index (κ2) is 7.55. The third-order valence-electron chi connectivity index (χ3n) is 3.56. The normalized spacial score (nSPS) is 12.0. The third kappa shape index (κ3) is 4.07. The Morgan fingerprint density at radius 2 is 1.91 bits per heavy atom. The third-order valence-corrected chi connectivity index (χ3v) is 5.12. The lowest BCUT2D eigenvalue weighted by molar-refractivity contribution is 0.0609. The van der Waals surface area contributed by atoms with Crippen molar-refractivity contribution in [3.05, 3.63) is 80.7 Å². The largest absolute Gasteiger partial charge is 0.387 e. The zero-order chi connectivity index (χ0) is 16.1. The number of thiophene rings is 2. The summed E-state index contributed by atoms with van der Waals surface area (Å²) < 4.78 is 0. The Bertz CT molecular complexity index is 724. The molecule has 0 aliphatic carbocycles. The van der Waals surface area contributed by atoms with E-state index in [-0.39, 0.29) is 12.5 Å². The Kier molecular flexibility index (Phi) is 5.23. The maximum absolute atomic E-state index is 12.7. The summed E-state index contributed by atoms with van der Waals surface area (Å²) in [5.41, 5.74) is 1.90. The van der Waals surface area contributed by atoms with Crippen molar-refractivity contribution in [2.45, 2.75) is 12.6 Å². The Morgan fingerprint density at radius 1 is 1.09 bits per heavy atom. The molecule has 3 rings (SSSR count). The van der Waals surface area contributed by atoms with Crippen molar-refractivity contribution in [3.8, 4) is 0 Å². The Labute approximate surface area is 143 Å². The van der Waals surface area contributed by atoms with Crippen molar-refractivity contribution in [1.29, 1.82) is 0 Å². The van der Waals surface area contributed by atoms with Crippen LogP contribution in [0.2, 0.25) is 0 Å². The minimum absolute atomic E-state index is 0.0434. The van der Waals surface area contributed by atoms with E-state index in [9.17, 15) is 9.90 Å². The van der Waals surface area contributed by atoms with Gasteiger partial charge < -0.3 is 10.0 Å². The first kappa shape index (κ1) is 15.9. The minimum Gasteiger partial charge on any atom is -0.387 e. The highest BCUT2D eigenvalue weighted by molar-refractivity contribution is 7.12. The zero-order valence-corrected chi connectivity index (χ0v) is 14.1. The van der Waals surface area contributed by atoms with Crippen LogP contribution >= 0.6 is 22.7 Å². The minimum atomic E-state index is -0.672. The molecule has 0 bridgehead atoms. The van der Waals surface area contributed by atoms with Gasteiger partial charge in [0.2, 0.25) is 0 Å². The SMILES string of the molecule is O=C(c1cccs1)N(Cc1ccccc1)CC(O)c1ccsc1. The fourth-order valence-electron chi connectivity index (χ4n) is 2.36. The van der Waals surface area contributed by atoms with E-state index in [1.807, 2.05) is 64.7 Å². The van der Waals surface area contributed by atoms with E-state index in [0.717, 1.165) is 11.1 Å². The molecular formula is C18H17NO2S2. The van der Waals surface area contributed by atoms with Gasteiger partial charge in [-0.05, 0) is 39.4 Å². The number of aliphatic hydroxyl groups excluding tert-OH is 1. The number of benzene rings is 1. The van der Waals surface area contributed by atoms with Crippen molar-refractivity contribution in [2.75, 3.05) is 6.54 Å². The quantitative estimate of drug-likeness (QED) is 0.729. The summed E-state index contributed by atoms with van der Waals surface area (Å²) >= 11 is 2.97. The number of hydrogen-bond donors (Lipinski definition) is 1. The van der Waals surface area contributed by atoms with Crippen LogP contribution in [0.15, 0.2) is 64.7 Å². The Balaban J connectivity index is 1.79. The average Bonchev–Trinajstić information content (AvgIpc) is 3.27. The number of rotatable bonds is 6. The number of hydrogen-bond acceptors (Lipinski definition) is 4. The number of amides is 1. The van der Waals surface area contributed by atoms with Crippen LogP contribution in [0.1, 0.15) is 26.9 Å². The van der Waals surface area contributed by atoms with Crippen LogP contribution in [0.5, 0.6) is 0 Å². The fraction of sp³-hybridized carbons (Fsp3) is 0.167. The van der Waals surface area contributed by atoms with Crippen LogP contribution < -0.4 is 0 Å². The molecule has 0 saturated heterocycles. The molecule has 2 aromatic heterocycles. The van der Waals surface area contributed by atoms with Crippen LogP contribution in [0.4, 0.5) is 0 Å². The monoisotopic (exact) mass is 343 g/mol. The number of carbonyl (C=O) groups excluding carboxylic acids is 1. The first-order chi connectivity index (χ1) is 11.2. The summed E-state index contributed by atoms with van der Waals surface area (Å²) in [7, 11) is 0. The topological polar surface area (TPSA) is 40.5 Å². The first-order valence-corrected chi connectivity index (χ1v) is 9.13. The molecule has 0 aliphatic heterocycles. The van der Waals surface area contributed by atoms with Gasteiger partial charge >= 0.3 is 0 Å². The number of carbonyl (C=O) groups is 1. The van der Waals surface area contributed by atoms with E-state index in [1.54, 1.807) is 16.2 Å². The van der Waals surface area contributed by atoms with E-state index in [0.29, 0.717) is 11.4 Å². The summed E-state index contributed by atoms with van der Waals surface area (Å²) in [6.45, 7) is 0.765. The molecule has 1 aromatic carbocycles. The lowest BCUT2D eigenvalue weighted by atomic mass is 10.1. The maximum Gasteiger partial charge on any atom is 0.264 e. The molecule has 3 nitrogen and oxygen atoms in total. The predicted molar refractivity (Wildman–Crippen MR) is 94.8 cm³/mol. The van der Waals surface area contributed by atoms with Gasteiger partial charge in [-0.3, -0.25) is 4.79 Å². The summed E-state index contributed by atoms with van der Waals surface area (Å²) in [6.07, 6.45) is -0.672. The molecule has 5 heteroatoms. The van der Waals surface area contributed by atoms with Crippen LogP contribution in [0.25, 0.3) is 0 Å². The highest BCUT2D eigenvalue weighted by Crippen LogP contribution is 2.21. The molecule has 3 aromatic rings. The van der Waals surface area contributed by atoms with Gasteiger partial charge in [0.1, 0.15) is 0 Å². The van der Waals surface area contributed by atoms with Gasteiger partial charge in [-0.2, -0.15) is 11.3 Å². The smallest absolute Gasteiger partial charge is 0.264 e. The van der Waals surface area contributed by atoms with Crippen LogP contribution in [0.3, 0.4) is 0 Å². The maximum atomic E-state index is 12.7. The molecule has 1 unspecified atom stereocenters. The number of aliphatic hydroxyl groups is 1. The van der Waals surface area contributed by atoms with Crippen LogP contribution in [-0.4, -0.2) is 22.5 Å². The summed E-state index contributed by atoms with van der Waals surface area (Å²) in [5.74, 6) is -0.0434. The molecule has 1 N–H and O–H groups in total. The van der Waals surface area contributed by atoms with Gasteiger partial charge in [0.25, 0.3) is 5.91 Å². The summed E-state index contributed by atoms with van der Waals surface area (Å²) in [6, 6.07) is 15.4. The molecule has 1 amide bonds. The second-order valence-corrected chi connectivity index (χ2v) is 6.95. The molecule has 1 atom stereocenters. The van der Waals surface area contributed by atoms with Crippen molar-refractivity contribution in [3.63, 3.8) is 0 Å². The molecule has 0 spiro atoms. The number of nitrogens with zero attached hydrogens (tertiary/aromatic N) is 1. The van der Waals surface area contributed by atoms with E-state index < -0.39 is 6.10 Å². The van der Waals surface area contributed by atoms with E-state index in [4.69, 9.17) is 0 Å². The Hall–Kier alpha value is -1.95. The van der Waals surface area contributed by atoms with Gasteiger partial charge in [-0.15, -0.1) is 11.3 Å². The molecule has 0 radical (unpaired) electrons. The van der Waals surface area contributed by atoms with Gasteiger partial charge in [-0.1, -0.05) is 36.4 Å². The fourth-order valence-corrected chi connectivity index (χ4v) is 3.76. The highest BCUT2D eigenvalue weighted by atomic mass is 32.1. The Morgan fingerprint density at radius 3 is 2.57 bits per heavy atom. The average molecular weight is 343 g/mol. The molecule has 0 saturated carbocycles. The van der Waals surface area contributed by atoms with Crippen molar-refractivity contribution < 1.29 is 9.90 Å². The molecular weight excluding hydrogens is 326 g/mol. The van der Waals surface area contributed by atoms with Crippen molar-refractivity contribution >= 4 is 28.6 Å². The van der Waals surface area contributed by atoms with Crippen molar-refractivity contribution in [1.82, 2.24) is 4.90 Å². The zero-order valence-electron chi connectivity index (χ0n) is 12.5. The van der Waals surface area contributed by atoms with E-state index in [2.05, 4.69) is 0 Å². The molecule has 0 aliphatic rings. The molecule has 118 valence electrons. The van der Waals surface area contributed by atoms with Crippen LogP contribution in [0, 0.1) is 0 Å². The molecule has 0 fully saturated rings. The molecule has 23 heavy (non-hydrogen) atoms. The molecule has 2 heterocycles. The van der Waals surface area contributed by atoms with Gasteiger partial charge in [0.05, 0.1) is 17.5 Å². The standard InChI is InChI=1S/C18H17NO2S2/c20-16(15-8-10-22-13-15)12-19(11-14-5-2-1-3-6-14)18(21)17-7-4-9-23-17/h1-10,13,16,20H,11-12H2. The predicted octanol–water partition coefficient (Wildman–Crippen LogP) is 4.19. The van der Waals surface area contributed by atoms with Crippen LogP contribution in [-0.2, 0) is 6.54 Å². The van der Waals surface area contributed by atoms with Gasteiger partial charge in [0, 0.05) is 6.54 Å². The second-order valence-electron chi connectivity index (χ2n) is 5.22. The van der Waals surface area contributed by atoms with E-state index >= 15 is 0 Å². The lowest BCUT2D eigenvalue weighted by Crippen LogP contribution is -2.33.